The van der Waals surface area contributed by atoms with E-state index in [0.29, 0.717) is 13.0 Å². The van der Waals surface area contributed by atoms with Crippen LogP contribution in [-0.4, -0.2) is 59.1 Å². The van der Waals surface area contributed by atoms with Crippen molar-refractivity contribution in [2.24, 2.45) is 0 Å². The van der Waals surface area contributed by atoms with Crippen molar-refractivity contribution in [3.63, 3.8) is 0 Å². The van der Waals surface area contributed by atoms with E-state index >= 15 is 0 Å². The third-order valence-electron chi connectivity index (χ3n) is 5.37. The van der Waals surface area contributed by atoms with Crippen LogP contribution in [0.1, 0.15) is 19.3 Å². The van der Waals surface area contributed by atoms with Gasteiger partial charge in [-0.05, 0) is 41.4 Å². The van der Waals surface area contributed by atoms with Crippen molar-refractivity contribution in [1.29, 1.82) is 0 Å². The minimum atomic E-state index is -4.69. The van der Waals surface area contributed by atoms with Crippen LogP contribution in [-0.2, 0) is 0 Å². The van der Waals surface area contributed by atoms with E-state index in [1.165, 1.54) is 0 Å². The number of alkyl halides is 4. The molecule has 2 atom stereocenters. The zero-order valence-electron chi connectivity index (χ0n) is 15.4. The first-order chi connectivity index (χ1) is 14.1. The van der Waals surface area contributed by atoms with E-state index in [9.17, 15) is 26.3 Å². The maximum Gasteiger partial charge on any atom is 0.422 e. The molecule has 2 fully saturated rings. The van der Waals surface area contributed by atoms with Gasteiger partial charge >= 0.3 is 12.2 Å². The molecule has 0 spiro atoms. The highest BCUT2D eigenvalue weighted by molar-refractivity contribution is 9.10. The quantitative estimate of drug-likeness (QED) is 0.445. The van der Waals surface area contributed by atoms with Crippen LogP contribution >= 0.6 is 15.9 Å². The lowest BCUT2D eigenvalue weighted by Gasteiger charge is -2.30. The number of fused-ring (bicyclic) bond motifs is 2. The molecule has 0 N–H and O–H groups in total. The Morgan fingerprint density at radius 2 is 2.00 bits per heavy atom. The molecule has 1 aromatic carbocycles. The fourth-order valence-corrected chi connectivity index (χ4v) is 4.40. The number of hydrogen-bond donors (Lipinski definition) is 0. The van der Waals surface area contributed by atoms with Gasteiger partial charge in [-0.15, -0.1) is 0 Å². The van der Waals surface area contributed by atoms with Gasteiger partial charge in [-0.2, -0.15) is 23.1 Å². The van der Waals surface area contributed by atoms with Crippen LogP contribution in [0, 0.1) is 11.6 Å². The van der Waals surface area contributed by atoms with E-state index in [-0.39, 0.29) is 25.0 Å². The number of rotatable bonds is 5. The molecule has 3 heterocycles. The molecule has 0 aliphatic carbocycles. The number of hydrogen-bond acceptors (Lipinski definition) is 5. The summed E-state index contributed by atoms with van der Waals surface area (Å²) in [5, 5.41) is -0.366. The van der Waals surface area contributed by atoms with Gasteiger partial charge in [0.1, 0.15) is 24.1 Å². The Morgan fingerprint density at radius 1 is 1.23 bits per heavy atom. The van der Waals surface area contributed by atoms with E-state index in [2.05, 4.69) is 30.6 Å². The van der Waals surface area contributed by atoms with Gasteiger partial charge < -0.3 is 9.47 Å². The SMILES string of the molecule is Fc1cc2c(OCC(F)(F)F)nc(OC[C@@]34CCCN3C[C@H](F)C4)nc2c(F)c1Br. The Balaban J connectivity index is 1.67. The van der Waals surface area contributed by atoms with Crippen molar-refractivity contribution < 1.29 is 35.8 Å². The van der Waals surface area contributed by atoms with Crippen LogP contribution in [0.3, 0.4) is 0 Å². The highest BCUT2D eigenvalue weighted by Gasteiger charge is 2.49. The molecule has 0 unspecified atom stereocenters. The molecule has 30 heavy (non-hydrogen) atoms. The van der Waals surface area contributed by atoms with Crippen LogP contribution in [0.2, 0.25) is 0 Å². The van der Waals surface area contributed by atoms with Gasteiger partial charge in [-0.1, -0.05) is 0 Å². The summed E-state index contributed by atoms with van der Waals surface area (Å²) in [7, 11) is 0. The lowest BCUT2D eigenvalue weighted by atomic mass is 9.95. The van der Waals surface area contributed by atoms with Crippen LogP contribution < -0.4 is 9.47 Å². The molecule has 0 saturated carbocycles. The molecular weight excluding hydrogens is 484 g/mol. The Kier molecular flexibility index (Phi) is 5.50. The number of ether oxygens (including phenoxy) is 2. The summed E-state index contributed by atoms with van der Waals surface area (Å²) in [6, 6.07) is 0.348. The number of halogens is 7. The fraction of sp³-hybridized carbons (Fsp3) is 0.556. The van der Waals surface area contributed by atoms with Crippen molar-refractivity contribution in [3.8, 4) is 11.9 Å². The second-order valence-electron chi connectivity index (χ2n) is 7.46. The Hall–Kier alpha value is -1.82. The molecule has 2 aliphatic rings. The van der Waals surface area contributed by atoms with Crippen LogP contribution in [0.5, 0.6) is 11.9 Å². The minimum Gasteiger partial charge on any atom is -0.467 e. The predicted octanol–water partition coefficient (Wildman–Crippen LogP) is 4.57. The van der Waals surface area contributed by atoms with Gasteiger partial charge in [0.25, 0.3) is 0 Å². The first-order valence-corrected chi connectivity index (χ1v) is 9.94. The van der Waals surface area contributed by atoms with E-state index in [1.807, 2.05) is 4.90 Å². The first kappa shape index (κ1) is 21.4. The van der Waals surface area contributed by atoms with Crippen molar-refractivity contribution in [3.05, 3.63) is 22.2 Å². The summed E-state index contributed by atoms with van der Waals surface area (Å²) in [6.45, 7) is -0.730. The fourth-order valence-electron chi connectivity index (χ4n) is 4.10. The number of benzene rings is 1. The summed E-state index contributed by atoms with van der Waals surface area (Å²) < 4.78 is 89.9. The highest BCUT2D eigenvalue weighted by atomic mass is 79.9. The van der Waals surface area contributed by atoms with E-state index in [4.69, 9.17) is 4.74 Å². The molecule has 2 aromatic rings. The van der Waals surface area contributed by atoms with E-state index < -0.39 is 58.0 Å². The first-order valence-electron chi connectivity index (χ1n) is 9.15. The van der Waals surface area contributed by atoms with Crippen molar-refractivity contribution in [2.75, 3.05) is 26.3 Å². The third-order valence-corrected chi connectivity index (χ3v) is 6.10. The average molecular weight is 500 g/mol. The van der Waals surface area contributed by atoms with Gasteiger partial charge in [0.15, 0.2) is 12.4 Å². The second kappa shape index (κ2) is 7.70. The largest absolute Gasteiger partial charge is 0.467 e. The molecule has 4 rings (SSSR count). The number of aromatic nitrogens is 2. The van der Waals surface area contributed by atoms with E-state index in [0.717, 1.165) is 12.5 Å². The van der Waals surface area contributed by atoms with Gasteiger partial charge in [0.2, 0.25) is 5.88 Å². The van der Waals surface area contributed by atoms with Gasteiger partial charge in [-0.25, -0.2) is 13.2 Å². The van der Waals surface area contributed by atoms with Gasteiger partial charge in [0, 0.05) is 13.0 Å². The third kappa shape index (κ3) is 4.03. The molecule has 2 saturated heterocycles. The summed E-state index contributed by atoms with van der Waals surface area (Å²) in [5.41, 5.74) is -1.02. The molecule has 0 bridgehead atoms. The summed E-state index contributed by atoms with van der Waals surface area (Å²) in [6.07, 6.45) is -3.90. The van der Waals surface area contributed by atoms with Crippen LogP contribution in [0.15, 0.2) is 10.5 Å². The molecular formula is C18H16BrF6N3O2. The Labute approximate surface area is 175 Å². The standard InChI is InChI=1S/C18H16BrF6N3O2/c19-12-11(21)4-10-14(13(12)22)26-16(27-15(10)29-8-18(23,24)25)30-7-17-2-1-3-28(17)6-9(20)5-17/h4,9H,1-3,5-8H2/t9-,17+/m1/s1. The zero-order valence-corrected chi connectivity index (χ0v) is 17.0. The molecule has 0 amide bonds. The average Bonchev–Trinajstić information content (AvgIpc) is 3.18. The van der Waals surface area contributed by atoms with Gasteiger partial charge in [-0.3, -0.25) is 4.90 Å². The van der Waals surface area contributed by atoms with Crippen molar-refractivity contribution >= 4 is 26.8 Å². The van der Waals surface area contributed by atoms with Crippen molar-refractivity contribution in [1.82, 2.24) is 14.9 Å². The molecule has 2 aliphatic heterocycles. The molecule has 0 radical (unpaired) electrons. The lowest BCUT2D eigenvalue weighted by molar-refractivity contribution is -0.153. The predicted molar refractivity (Wildman–Crippen MR) is 97.3 cm³/mol. The lowest BCUT2D eigenvalue weighted by Crippen LogP contribution is -2.43. The van der Waals surface area contributed by atoms with Gasteiger partial charge in [0.05, 0.1) is 15.4 Å². The normalized spacial score (nSPS) is 24.4. The molecule has 164 valence electrons. The Bertz CT molecular complexity index is 975. The molecule has 5 nitrogen and oxygen atoms in total. The summed E-state index contributed by atoms with van der Waals surface area (Å²) in [4.78, 5) is 9.65. The smallest absolute Gasteiger partial charge is 0.422 e. The summed E-state index contributed by atoms with van der Waals surface area (Å²) in [5.74, 6) is -2.83. The topological polar surface area (TPSA) is 47.5 Å². The Morgan fingerprint density at radius 3 is 2.73 bits per heavy atom. The maximum absolute atomic E-state index is 14.5. The minimum absolute atomic E-state index is 0.0123. The van der Waals surface area contributed by atoms with Crippen LogP contribution in [0.25, 0.3) is 10.9 Å². The van der Waals surface area contributed by atoms with Crippen molar-refractivity contribution in [2.45, 2.75) is 37.1 Å². The van der Waals surface area contributed by atoms with Crippen LogP contribution in [0.4, 0.5) is 26.3 Å². The molecule has 1 aromatic heterocycles. The molecule has 12 heteroatoms. The van der Waals surface area contributed by atoms with E-state index in [1.54, 1.807) is 0 Å². The summed E-state index contributed by atoms with van der Waals surface area (Å²) >= 11 is 2.74. The maximum atomic E-state index is 14.5. The zero-order chi connectivity index (χ0) is 21.7. The highest BCUT2D eigenvalue weighted by Crippen LogP contribution is 2.40. The number of nitrogens with zero attached hydrogens (tertiary/aromatic N) is 3. The monoisotopic (exact) mass is 499 g/mol. The second-order valence-corrected chi connectivity index (χ2v) is 8.25.